The van der Waals surface area contributed by atoms with Gasteiger partial charge in [0.25, 0.3) is 5.91 Å². The minimum atomic E-state index is -0.365. The molecule has 0 aliphatic heterocycles. The average Bonchev–Trinajstić information content (AvgIpc) is 3.13. The molecule has 0 aliphatic carbocycles. The zero-order chi connectivity index (χ0) is 16.8. The molecule has 2 aromatic carbocycles. The van der Waals surface area contributed by atoms with Gasteiger partial charge in [0.1, 0.15) is 11.4 Å². The van der Waals surface area contributed by atoms with Crippen molar-refractivity contribution in [3.8, 4) is 17.0 Å². The van der Waals surface area contributed by atoms with Crippen molar-refractivity contribution < 1.29 is 9.53 Å². The van der Waals surface area contributed by atoms with Crippen LogP contribution in [0.15, 0.2) is 65.8 Å². The Hall–Kier alpha value is -3.41. The zero-order valence-electron chi connectivity index (χ0n) is 13.1. The first-order valence-electron chi connectivity index (χ1n) is 7.35. The molecule has 0 atom stereocenters. The Morgan fingerprint density at radius 1 is 1.17 bits per heavy atom. The third kappa shape index (κ3) is 3.49. The normalized spacial score (nSPS) is 10.7. The third-order valence-electron chi connectivity index (χ3n) is 3.40. The van der Waals surface area contributed by atoms with Crippen LogP contribution in [0.4, 0.5) is 0 Å². The van der Waals surface area contributed by atoms with Gasteiger partial charge in [0.2, 0.25) is 0 Å². The number of aromatic nitrogens is 2. The number of aromatic amines is 1. The van der Waals surface area contributed by atoms with Crippen molar-refractivity contribution >= 4 is 12.1 Å². The summed E-state index contributed by atoms with van der Waals surface area (Å²) in [5.41, 5.74) is 5.22. The molecule has 0 bridgehead atoms. The Morgan fingerprint density at radius 3 is 2.71 bits per heavy atom. The molecule has 0 unspecified atom stereocenters. The van der Waals surface area contributed by atoms with Gasteiger partial charge in [0.15, 0.2) is 0 Å². The van der Waals surface area contributed by atoms with Gasteiger partial charge >= 0.3 is 0 Å². The van der Waals surface area contributed by atoms with Crippen LogP contribution >= 0.6 is 0 Å². The highest BCUT2D eigenvalue weighted by Crippen LogP contribution is 2.17. The van der Waals surface area contributed by atoms with Gasteiger partial charge in [-0.2, -0.15) is 10.2 Å². The molecule has 0 saturated carbocycles. The average molecular weight is 320 g/mol. The van der Waals surface area contributed by atoms with E-state index < -0.39 is 0 Å². The standard InChI is InChI=1S/C18H16N4O2/c1-24-17-10-6-5-9-14(17)12-19-22-18(23)16-11-15(20-21-16)13-7-3-2-4-8-13/h2-12H,1H3,(H,20,21)(H,22,23)/b19-12-. The van der Waals surface area contributed by atoms with Crippen molar-refractivity contribution in [1.82, 2.24) is 15.6 Å². The molecule has 120 valence electrons. The third-order valence-corrected chi connectivity index (χ3v) is 3.40. The molecule has 1 amide bonds. The topological polar surface area (TPSA) is 79.4 Å². The lowest BCUT2D eigenvalue weighted by Gasteiger charge is -2.02. The number of nitrogens with zero attached hydrogens (tertiary/aromatic N) is 2. The van der Waals surface area contributed by atoms with Crippen LogP contribution in [-0.4, -0.2) is 29.4 Å². The minimum Gasteiger partial charge on any atom is -0.496 e. The molecule has 2 N–H and O–H groups in total. The van der Waals surface area contributed by atoms with Crippen molar-refractivity contribution in [3.63, 3.8) is 0 Å². The Kier molecular flexibility index (Phi) is 4.67. The number of methoxy groups -OCH3 is 1. The molecule has 0 fully saturated rings. The molecule has 3 aromatic rings. The highest BCUT2D eigenvalue weighted by Gasteiger charge is 2.10. The molecule has 24 heavy (non-hydrogen) atoms. The highest BCUT2D eigenvalue weighted by atomic mass is 16.5. The number of carbonyl (C=O) groups is 1. The Bertz CT molecular complexity index is 856. The molecular formula is C18H16N4O2. The van der Waals surface area contributed by atoms with E-state index in [0.717, 1.165) is 11.1 Å². The monoisotopic (exact) mass is 320 g/mol. The molecule has 1 aromatic heterocycles. The summed E-state index contributed by atoms with van der Waals surface area (Å²) in [6.45, 7) is 0. The summed E-state index contributed by atoms with van der Waals surface area (Å²) in [6.07, 6.45) is 1.53. The van der Waals surface area contributed by atoms with E-state index in [4.69, 9.17) is 4.74 Å². The van der Waals surface area contributed by atoms with E-state index in [1.54, 1.807) is 13.2 Å². The maximum Gasteiger partial charge on any atom is 0.289 e. The van der Waals surface area contributed by atoms with E-state index in [-0.39, 0.29) is 5.91 Å². The molecule has 0 radical (unpaired) electrons. The number of rotatable bonds is 5. The van der Waals surface area contributed by atoms with Crippen molar-refractivity contribution in [2.45, 2.75) is 0 Å². The zero-order valence-corrected chi connectivity index (χ0v) is 13.1. The van der Waals surface area contributed by atoms with Crippen LogP contribution in [0.25, 0.3) is 11.3 Å². The molecule has 0 aliphatic rings. The summed E-state index contributed by atoms with van der Waals surface area (Å²) in [7, 11) is 1.58. The van der Waals surface area contributed by atoms with E-state index in [0.29, 0.717) is 17.1 Å². The minimum absolute atomic E-state index is 0.339. The first kappa shape index (κ1) is 15.5. The Morgan fingerprint density at radius 2 is 1.92 bits per heavy atom. The molecular weight excluding hydrogens is 304 g/mol. The van der Waals surface area contributed by atoms with Crippen LogP contribution in [0.1, 0.15) is 16.1 Å². The van der Waals surface area contributed by atoms with E-state index in [9.17, 15) is 4.79 Å². The van der Waals surface area contributed by atoms with E-state index in [2.05, 4.69) is 20.7 Å². The number of para-hydroxylation sites is 1. The van der Waals surface area contributed by atoms with Crippen molar-refractivity contribution in [3.05, 3.63) is 71.9 Å². The first-order chi connectivity index (χ1) is 11.8. The number of carbonyl (C=O) groups excluding carboxylic acids is 1. The Labute approximate surface area is 139 Å². The lowest BCUT2D eigenvalue weighted by Crippen LogP contribution is -2.18. The number of hydrazone groups is 1. The SMILES string of the molecule is COc1ccccc1/C=N\NC(=O)c1cc(-c2ccccc2)n[nH]1. The lowest BCUT2D eigenvalue weighted by molar-refractivity contribution is 0.0950. The predicted molar refractivity (Wildman–Crippen MR) is 92.1 cm³/mol. The van der Waals surface area contributed by atoms with Gasteiger partial charge < -0.3 is 4.74 Å². The largest absolute Gasteiger partial charge is 0.496 e. The number of H-pyrrole nitrogens is 1. The second-order valence-electron chi connectivity index (χ2n) is 4.97. The number of amides is 1. The van der Waals surface area contributed by atoms with Crippen molar-refractivity contribution in [2.75, 3.05) is 7.11 Å². The molecule has 6 nitrogen and oxygen atoms in total. The summed E-state index contributed by atoms with van der Waals surface area (Å²) >= 11 is 0. The fraction of sp³-hybridized carbons (Fsp3) is 0.0556. The maximum absolute atomic E-state index is 12.1. The van der Waals surface area contributed by atoms with Gasteiger partial charge in [-0.25, -0.2) is 5.43 Å². The molecule has 1 heterocycles. The van der Waals surface area contributed by atoms with Gasteiger partial charge in [-0.1, -0.05) is 42.5 Å². The molecule has 6 heteroatoms. The Balaban J connectivity index is 1.68. The van der Waals surface area contributed by atoms with E-state index >= 15 is 0 Å². The number of nitrogens with one attached hydrogen (secondary N) is 2. The van der Waals surface area contributed by atoms with Crippen LogP contribution in [0.5, 0.6) is 5.75 Å². The smallest absolute Gasteiger partial charge is 0.289 e. The second-order valence-corrected chi connectivity index (χ2v) is 4.97. The quantitative estimate of drug-likeness (QED) is 0.560. The van der Waals surface area contributed by atoms with Crippen molar-refractivity contribution in [1.29, 1.82) is 0 Å². The summed E-state index contributed by atoms with van der Waals surface area (Å²) in [5.74, 6) is 0.319. The second kappa shape index (κ2) is 7.23. The van der Waals surface area contributed by atoms with Gasteiger partial charge in [-0.3, -0.25) is 9.89 Å². The molecule has 0 saturated heterocycles. The van der Waals surface area contributed by atoms with Gasteiger partial charge in [0.05, 0.1) is 19.0 Å². The van der Waals surface area contributed by atoms with Crippen molar-refractivity contribution in [2.24, 2.45) is 5.10 Å². The van der Waals surface area contributed by atoms with Crippen LogP contribution in [0, 0.1) is 0 Å². The van der Waals surface area contributed by atoms with Gasteiger partial charge in [-0.05, 0) is 18.2 Å². The summed E-state index contributed by atoms with van der Waals surface area (Å²) < 4.78 is 5.22. The number of ether oxygens (including phenoxy) is 1. The van der Waals surface area contributed by atoms with Gasteiger partial charge in [-0.15, -0.1) is 0 Å². The number of hydrogen-bond acceptors (Lipinski definition) is 4. The highest BCUT2D eigenvalue weighted by molar-refractivity contribution is 5.94. The predicted octanol–water partition coefficient (Wildman–Crippen LogP) is 2.85. The van der Waals surface area contributed by atoms with Crippen LogP contribution < -0.4 is 10.2 Å². The maximum atomic E-state index is 12.1. The fourth-order valence-corrected chi connectivity index (χ4v) is 2.19. The van der Waals surface area contributed by atoms with Gasteiger partial charge in [0, 0.05) is 11.1 Å². The van der Waals surface area contributed by atoms with Crippen LogP contribution in [0.2, 0.25) is 0 Å². The van der Waals surface area contributed by atoms with Crippen LogP contribution in [0.3, 0.4) is 0 Å². The number of benzene rings is 2. The summed E-state index contributed by atoms with van der Waals surface area (Å²) in [4.78, 5) is 12.1. The first-order valence-corrected chi connectivity index (χ1v) is 7.35. The van der Waals surface area contributed by atoms with E-state index in [1.807, 2.05) is 54.6 Å². The van der Waals surface area contributed by atoms with Crippen LogP contribution in [-0.2, 0) is 0 Å². The summed E-state index contributed by atoms with van der Waals surface area (Å²) in [6, 6.07) is 18.7. The lowest BCUT2D eigenvalue weighted by atomic mass is 10.1. The summed E-state index contributed by atoms with van der Waals surface area (Å²) in [5, 5.41) is 10.8. The number of hydrogen-bond donors (Lipinski definition) is 2. The molecule has 3 rings (SSSR count). The van der Waals surface area contributed by atoms with E-state index in [1.165, 1.54) is 6.21 Å². The molecule has 0 spiro atoms. The fourth-order valence-electron chi connectivity index (χ4n) is 2.19.